The average molecular weight is 312 g/mol. The summed E-state index contributed by atoms with van der Waals surface area (Å²) in [4.78, 5) is 25.3. The first-order chi connectivity index (χ1) is 9.80. The Morgan fingerprint density at radius 1 is 1.43 bits per heavy atom. The minimum atomic E-state index is -3.62. The van der Waals surface area contributed by atoms with Gasteiger partial charge in [0.2, 0.25) is 21.8 Å². The van der Waals surface area contributed by atoms with Crippen molar-refractivity contribution in [3.63, 3.8) is 0 Å². The van der Waals surface area contributed by atoms with Gasteiger partial charge in [-0.15, -0.1) is 0 Å². The molecule has 0 spiro atoms. The fourth-order valence-electron chi connectivity index (χ4n) is 2.18. The summed E-state index contributed by atoms with van der Waals surface area (Å²) in [5.74, 6) is -0.962. The SMILES string of the molecule is COc1cccc(N2CC(C(=O)NS(C)(=O)=O)CC2=O)c1. The van der Waals surface area contributed by atoms with Crippen LogP contribution in [0.2, 0.25) is 0 Å². The summed E-state index contributed by atoms with van der Waals surface area (Å²) in [6.45, 7) is 0.146. The number of carbonyl (C=O) groups is 2. The van der Waals surface area contributed by atoms with E-state index in [4.69, 9.17) is 4.74 Å². The van der Waals surface area contributed by atoms with Crippen LogP contribution < -0.4 is 14.4 Å². The van der Waals surface area contributed by atoms with Crippen LogP contribution in [0.5, 0.6) is 5.75 Å². The molecule has 1 aliphatic heterocycles. The van der Waals surface area contributed by atoms with Crippen LogP contribution in [-0.4, -0.2) is 40.1 Å². The van der Waals surface area contributed by atoms with Crippen molar-refractivity contribution in [2.75, 3.05) is 24.8 Å². The maximum Gasteiger partial charge on any atom is 0.238 e. The van der Waals surface area contributed by atoms with Crippen molar-refractivity contribution in [3.05, 3.63) is 24.3 Å². The molecule has 1 atom stereocenters. The number of amides is 2. The van der Waals surface area contributed by atoms with E-state index in [1.807, 2.05) is 4.72 Å². The highest BCUT2D eigenvalue weighted by Gasteiger charge is 2.36. The fourth-order valence-corrected chi connectivity index (χ4v) is 2.71. The molecule has 0 bridgehead atoms. The molecule has 0 aliphatic carbocycles. The van der Waals surface area contributed by atoms with Crippen LogP contribution >= 0.6 is 0 Å². The first-order valence-corrected chi connectivity index (χ1v) is 8.15. The zero-order valence-corrected chi connectivity index (χ0v) is 12.5. The van der Waals surface area contributed by atoms with E-state index in [0.29, 0.717) is 11.4 Å². The first-order valence-electron chi connectivity index (χ1n) is 6.26. The van der Waals surface area contributed by atoms with Gasteiger partial charge in [-0.1, -0.05) is 6.07 Å². The largest absolute Gasteiger partial charge is 0.497 e. The molecule has 2 rings (SSSR count). The maximum atomic E-state index is 12.0. The number of nitrogens with zero attached hydrogens (tertiary/aromatic N) is 1. The highest BCUT2D eigenvalue weighted by Crippen LogP contribution is 2.27. The second-order valence-electron chi connectivity index (χ2n) is 4.85. The second kappa shape index (κ2) is 5.72. The van der Waals surface area contributed by atoms with E-state index in [2.05, 4.69) is 0 Å². The van der Waals surface area contributed by atoms with Crippen molar-refractivity contribution < 1.29 is 22.7 Å². The average Bonchev–Trinajstić information content (AvgIpc) is 2.79. The third-order valence-corrected chi connectivity index (χ3v) is 3.72. The van der Waals surface area contributed by atoms with Gasteiger partial charge in [0, 0.05) is 24.7 Å². The summed E-state index contributed by atoms with van der Waals surface area (Å²) in [6, 6.07) is 6.91. The first kappa shape index (κ1) is 15.3. The molecular weight excluding hydrogens is 296 g/mol. The van der Waals surface area contributed by atoms with Crippen molar-refractivity contribution >= 4 is 27.5 Å². The summed E-state index contributed by atoms with van der Waals surface area (Å²) in [6.07, 6.45) is 0.889. The quantitative estimate of drug-likeness (QED) is 0.852. The van der Waals surface area contributed by atoms with E-state index in [0.717, 1.165) is 6.26 Å². The summed E-state index contributed by atoms with van der Waals surface area (Å²) in [5, 5.41) is 0. The minimum absolute atomic E-state index is 0.0153. The number of sulfonamides is 1. The van der Waals surface area contributed by atoms with Gasteiger partial charge in [-0.2, -0.15) is 0 Å². The number of methoxy groups -OCH3 is 1. The molecule has 7 nitrogen and oxygen atoms in total. The molecule has 1 N–H and O–H groups in total. The third kappa shape index (κ3) is 3.72. The van der Waals surface area contributed by atoms with Crippen LogP contribution in [0.4, 0.5) is 5.69 Å². The van der Waals surface area contributed by atoms with Crippen LogP contribution in [-0.2, 0) is 19.6 Å². The molecule has 1 fully saturated rings. The number of anilines is 1. The number of nitrogens with one attached hydrogen (secondary N) is 1. The smallest absolute Gasteiger partial charge is 0.238 e. The summed E-state index contributed by atoms with van der Waals surface area (Å²) in [7, 11) is -2.10. The zero-order chi connectivity index (χ0) is 15.6. The number of ether oxygens (including phenoxy) is 1. The lowest BCUT2D eigenvalue weighted by atomic mass is 10.1. The minimum Gasteiger partial charge on any atom is -0.497 e. The molecule has 1 aromatic rings. The van der Waals surface area contributed by atoms with Crippen molar-refractivity contribution in [3.8, 4) is 5.75 Å². The van der Waals surface area contributed by atoms with Crippen LogP contribution in [0.25, 0.3) is 0 Å². The predicted molar refractivity (Wildman–Crippen MR) is 76.4 cm³/mol. The van der Waals surface area contributed by atoms with Crippen LogP contribution in [0.3, 0.4) is 0 Å². The standard InChI is InChI=1S/C13H16N2O5S/c1-20-11-5-3-4-10(7-11)15-8-9(6-12(15)16)13(17)14-21(2,18)19/h3-5,7,9H,6,8H2,1-2H3,(H,14,17). The van der Waals surface area contributed by atoms with Crippen molar-refractivity contribution in [1.82, 2.24) is 4.72 Å². The summed E-state index contributed by atoms with van der Waals surface area (Å²) in [5.41, 5.74) is 0.619. The molecule has 1 aromatic carbocycles. The van der Waals surface area contributed by atoms with Gasteiger partial charge >= 0.3 is 0 Å². The number of hydrogen-bond donors (Lipinski definition) is 1. The van der Waals surface area contributed by atoms with Gasteiger partial charge in [-0.05, 0) is 12.1 Å². The maximum absolute atomic E-state index is 12.0. The molecule has 0 saturated carbocycles. The van der Waals surface area contributed by atoms with Crippen LogP contribution in [0, 0.1) is 5.92 Å². The molecule has 2 amide bonds. The molecule has 0 aromatic heterocycles. The highest BCUT2D eigenvalue weighted by atomic mass is 32.2. The monoisotopic (exact) mass is 312 g/mol. The van der Waals surface area contributed by atoms with E-state index in [-0.39, 0.29) is 18.9 Å². The van der Waals surface area contributed by atoms with E-state index < -0.39 is 21.8 Å². The zero-order valence-electron chi connectivity index (χ0n) is 11.7. The van der Waals surface area contributed by atoms with Gasteiger partial charge in [0.1, 0.15) is 5.75 Å². The van der Waals surface area contributed by atoms with Crippen molar-refractivity contribution in [1.29, 1.82) is 0 Å². The molecule has 1 unspecified atom stereocenters. The number of hydrogen-bond acceptors (Lipinski definition) is 5. The normalized spacial score (nSPS) is 18.7. The molecule has 8 heteroatoms. The van der Waals surface area contributed by atoms with E-state index in [1.165, 1.54) is 12.0 Å². The number of carbonyl (C=O) groups excluding carboxylic acids is 2. The van der Waals surface area contributed by atoms with E-state index >= 15 is 0 Å². The van der Waals surface area contributed by atoms with E-state index in [1.54, 1.807) is 24.3 Å². The Morgan fingerprint density at radius 3 is 2.76 bits per heavy atom. The second-order valence-corrected chi connectivity index (χ2v) is 6.59. The Hall–Kier alpha value is -2.09. The van der Waals surface area contributed by atoms with Gasteiger partial charge in [-0.3, -0.25) is 14.3 Å². The molecule has 0 radical (unpaired) electrons. The fraction of sp³-hybridized carbons (Fsp3) is 0.385. The Labute approximate surface area is 122 Å². The van der Waals surface area contributed by atoms with E-state index in [9.17, 15) is 18.0 Å². The van der Waals surface area contributed by atoms with Crippen LogP contribution in [0.15, 0.2) is 24.3 Å². The Kier molecular flexibility index (Phi) is 4.17. The highest BCUT2D eigenvalue weighted by molar-refractivity contribution is 7.89. The van der Waals surface area contributed by atoms with Crippen LogP contribution in [0.1, 0.15) is 6.42 Å². The topological polar surface area (TPSA) is 92.8 Å². The lowest BCUT2D eigenvalue weighted by Gasteiger charge is -2.17. The lowest BCUT2D eigenvalue weighted by molar-refractivity contribution is -0.124. The molecule has 21 heavy (non-hydrogen) atoms. The Morgan fingerprint density at radius 2 is 2.14 bits per heavy atom. The van der Waals surface area contributed by atoms with Gasteiger partial charge in [0.05, 0.1) is 19.3 Å². The molecule has 1 saturated heterocycles. The van der Waals surface area contributed by atoms with Gasteiger partial charge < -0.3 is 9.64 Å². The summed E-state index contributed by atoms with van der Waals surface area (Å²) < 4.78 is 29.1. The number of rotatable bonds is 4. The van der Waals surface area contributed by atoms with Crippen molar-refractivity contribution in [2.45, 2.75) is 6.42 Å². The third-order valence-electron chi connectivity index (χ3n) is 3.15. The summed E-state index contributed by atoms with van der Waals surface area (Å²) >= 11 is 0. The number of benzene rings is 1. The Bertz CT molecular complexity index is 671. The molecule has 1 aliphatic rings. The molecule has 114 valence electrons. The lowest BCUT2D eigenvalue weighted by Crippen LogP contribution is -2.36. The van der Waals surface area contributed by atoms with Gasteiger partial charge in [-0.25, -0.2) is 8.42 Å². The Balaban J connectivity index is 2.14. The molecular formula is C13H16N2O5S. The van der Waals surface area contributed by atoms with Crippen molar-refractivity contribution in [2.24, 2.45) is 5.92 Å². The van der Waals surface area contributed by atoms with Gasteiger partial charge in [0.25, 0.3) is 0 Å². The molecule has 1 heterocycles. The van der Waals surface area contributed by atoms with Gasteiger partial charge in [0.15, 0.2) is 0 Å². The predicted octanol–water partition coefficient (Wildman–Crippen LogP) is 0.124.